The Morgan fingerprint density at radius 1 is 1.00 bits per heavy atom. The van der Waals surface area contributed by atoms with Crippen molar-refractivity contribution in [3.63, 3.8) is 0 Å². The molecule has 46 heavy (non-hydrogen) atoms. The summed E-state index contributed by atoms with van der Waals surface area (Å²) in [5, 5.41) is 5.26. The van der Waals surface area contributed by atoms with Crippen molar-refractivity contribution in [2.75, 3.05) is 24.6 Å². The first kappa shape index (κ1) is 30.6. The third-order valence-corrected chi connectivity index (χ3v) is 10.3. The molecular weight excluding hydrogens is 574 g/mol. The highest BCUT2D eigenvalue weighted by atomic mass is 16.5. The van der Waals surface area contributed by atoms with E-state index in [2.05, 4.69) is 100 Å². The maximum atomic E-state index is 13.4. The van der Waals surface area contributed by atoms with E-state index in [-0.39, 0.29) is 23.9 Å². The number of H-pyrrole nitrogens is 1. The zero-order chi connectivity index (χ0) is 31.9. The molecule has 9 heteroatoms. The van der Waals surface area contributed by atoms with E-state index in [4.69, 9.17) is 9.84 Å². The largest absolute Gasteiger partial charge is 0.364 e. The van der Waals surface area contributed by atoms with Crippen LogP contribution in [0.4, 0.5) is 5.69 Å². The van der Waals surface area contributed by atoms with E-state index in [9.17, 15) is 4.79 Å². The summed E-state index contributed by atoms with van der Waals surface area (Å²) in [6.07, 6.45) is 8.11. The number of benzene rings is 2. The number of rotatable bonds is 7. The number of fused-ring (bicyclic) bond motifs is 2. The molecule has 2 saturated heterocycles. The summed E-state index contributed by atoms with van der Waals surface area (Å²) in [5.41, 5.74) is 10.3. The number of piperazine rings is 1. The number of nitrogens with one attached hydrogen (secondary N) is 1. The van der Waals surface area contributed by atoms with Gasteiger partial charge in [0.15, 0.2) is 6.23 Å². The molecule has 0 aliphatic carbocycles. The maximum Gasteiger partial charge on any atom is 0.250 e. The summed E-state index contributed by atoms with van der Waals surface area (Å²) >= 11 is 0. The standard InChI is InChI=1S/C37H45N7O2/c1-6-29-22-42(25(4)21-43(29)26(5)28-12-13-30-31(19-28)39-15-14-38-30)32-20-34(45)40-36-33(18-27-11-10-23(2)24(3)17-27)44(41-37(32)36)35-9-7-8-16-46-35/h10-15,17,19-20,25-26,29,35H,6-9,16,18,21-22H2,1-5H3,(H,40,45)/t25-,26?,29+,35?/m0/s1. The van der Waals surface area contributed by atoms with Gasteiger partial charge in [-0.15, -0.1) is 0 Å². The molecule has 9 nitrogen and oxygen atoms in total. The number of nitrogens with zero attached hydrogens (tertiary/aromatic N) is 6. The molecule has 240 valence electrons. The van der Waals surface area contributed by atoms with Crippen molar-refractivity contribution in [3.05, 3.63) is 93.2 Å². The Morgan fingerprint density at radius 2 is 1.83 bits per heavy atom. The van der Waals surface area contributed by atoms with Crippen molar-refractivity contribution in [2.45, 2.75) is 91.1 Å². The molecule has 0 radical (unpaired) electrons. The minimum atomic E-state index is -0.135. The Kier molecular flexibility index (Phi) is 8.38. The van der Waals surface area contributed by atoms with Crippen LogP contribution in [-0.2, 0) is 11.2 Å². The van der Waals surface area contributed by atoms with E-state index in [1.165, 1.54) is 22.3 Å². The number of aryl methyl sites for hydroxylation is 2. The van der Waals surface area contributed by atoms with Crippen molar-refractivity contribution < 1.29 is 4.74 Å². The number of ether oxygens (including phenoxy) is 1. The quantitative estimate of drug-likeness (QED) is 0.219. The fraction of sp³-hybridized carbons (Fsp3) is 0.459. The average molecular weight is 620 g/mol. The molecule has 3 aromatic heterocycles. The van der Waals surface area contributed by atoms with E-state index >= 15 is 0 Å². The van der Waals surface area contributed by atoms with Crippen LogP contribution >= 0.6 is 0 Å². The van der Waals surface area contributed by atoms with Gasteiger partial charge in [-0.1, -0.05) is 31.2 Å². The number of hydrogen-bond acceptors (Lipinski definition) is 7. The molecule has 0 bridgehead atoms. The van der Waals surface area contributed by atoms with Crippen LogP contribution in [0.15, 0.2) is 59.7 Å². The van der Waals surface area contributed by atoms with Gasteiger partial charge in [0.05, 0.1) is 27.9 Å². The Labute approximate surface area is 270 Å². The fourth-order valence-corrected chi connectivity index (χ4v) is 7.45. The number of pyridine rings is 1. The Bertz CT molecular complexity index is 1920. The smallest absolute Gasteiger partial charge is 0.250 e. The van der Waals surface area contributed by atoms with Gasteiger partial charge in [0.2, 0.25) is 0 Å². The lowest BCUT2D eigenvalue weighted by molar-refractivity contribution is -0.0405. The summed E-state index contributed by atoms with van der Waals surface area (Å²) in [4.78, 5) is 30.6. The molecule has 0 amide bonds. The van der Waals surface area contributed by atoms with E-state index in [1.807, 2.05) is 0 Å². The SMILES string of the molecule is CC[C@@H]1CN(c2cc(=O)[nH]c3c(Cc4ccc(C)c(C)c4)n(C4CCCCO4)nc23)[C@@H](C)CN1C(C)c1ccc2nccnc2c1. The third kappa shape index (κ3) is 5.71. The summed E-state index contributed by atoms with van der Waals surface area (Å²) in [6, 6.07) is 15.5. The van der Waals surface area contributed by atoms with Crippen LogP contribution in [0.2, 0.25) is 0 Å². The van der Waals surface area contributed by atoms with E-state index < -0.39 is 0 Å². The summed E-state index contributed by atoms with van der Waals surface area (Å²) < 4.78 is 8.35. The third-order valence-electron chi connectivity index (χ3n) is 10.3. The first-order chi connectivity index (χ1) is 22.3. The molecule has 2 aliphatic rings. The molecule has 5 heterocycles. The van der Waals surface area contributed by atoms with E-state index in [0.29, 0.717) is 12.5 Å². The van der Waals surface area contributed by atoms with Crippen LogP contribution in [0.3, 0.4) is 0 Å². The van der Waals surface area contributed by atoms with Crippen LogP contribution in [0.5, 0.6) is 0 Å². The number of hydrogen-bond donors (Lipinski definition) is 1. The summed E-state index contributed by atoms with van der Waals surface area (Å²) in [6.45, 7) is 13.5. The Balaban J connectivity index is 1.25. The topological polar surface area (TPSA) is 92.2 Å². The van der Waals surface area contributed by atoms with Crippen molar-refractivity contribution in [1.29, 1.82) is 0 Å². The first-order valence-corrected chi connectivity index (χ1v) is 16.9. The summed E-state index contributed by atoms with van der Waals surface area (Å²) in [7, 11) is 0. The van der Waals surface area contributed by atoms with Crippen molar-refractivity contribution >= 4 is 27.8 Å². The van der Waals surface area contributed by atoms with E-state index in [1.54, 1.807) is 18.5 Å². The first-order valence-electron chi connectivity index (χ1n) is 16.9. The zero-order valence-electron chi connectivity index (χ0n) is 27.7. The molecule has 0 spiro atoms. The monoisotopic (exact) mass is 619 g/mol. The molecule has 2 aromatic carbocycles. The van der Waals surface area contributed by atoms with E-state index in [0.717, 1.165) is 78.8 Å². The van der Waals surface area contributed by atoms with Gasteiger partial charge in [0.25, 0.3) is 5.56 Å². The molecule has 0 saturated carbocycles. The molecule has 2 unspecified atom stereocenters. The van der Waals surface area contributed by atoms with Gasteiger partial charge >= 0.3 is 0 Å². The fourth-order valence-electron chi connectivity index (χ4n) is 7.45. The van der Waals surface area contributed by atoms with Crippen molar-refractivity contribution in [3.8, 4) is 0 Å². The predicted molar refractivity (Wildman–Crippen MR) is 183 cm³/mol. The average Bonchev–Trinajstić information content (AvgIpc) is 3.43. The molecule has 7 rings (SSSR count). The highest BCUT2D eigenvalue weighted by Crippen LogP contribution is 2.36. The maximum absolute atomic E-state index is 13.4. The van der Waals surface area contributed by atoms with Gasteiger partial charge in [-0.2, -0.15) is 5.10 Å². The van der Waals surface area contributed by atoms with Gasteiger partial charge in [0, 0.05) is 62.7 Å². The van der Waals surface area contributed by atoms with Crippen LogP contribution in [0.1, 0.15) is 86.7 Å². The van der Waals surface area contributed by atoms with Crippen LogP contribution in [0.25, 0.3) is 22.1 Å². The van der Waals surface area contributed by atoms with Crippen molar-refractivity contribution in [1.82, 2.24) is 29.6 Å². The normalized spacial score (nSPS) is 21.7. The Morgan fingerprint density at radius 3 is 2.59 bits per heavy atom. The highest BCUT2D eigenvalue weighted by molar-refractivity contribution is 5.90. The molecule has 4 atom stereocenters. The molecule has 2 fully saturated rings. The van der Waals surface area contributed by atoms with Gasteiger partial charge < -0.3 is 14.6 Å². The lowest BCUT2D eigenvalue weighted by Crippen LogP contribution is -2.58. The lowest BCUT2D eigenvalue weighted by Gasteiger charge is -2.48. The number of aromatic amines is 1. The molecule has 1 N–H and O–H groups in total. The molecule has 2 aliphatic heterocycles. The predicted octanol–water partition coefficient (Wildman–Crippen LogP) is 6.62. The van der Waals surface area contributed by atoms with Crippen LogP contribution in [0, 0.1) is 13.8 Å². The number of aromatic nitrogens is 5. The lowest BCUT2D eigenvalue weighted by atomic mass is 9.97. The van der Waals surface area contributed by atoms with Crippen LogP contribution in [-0.4, -0.2) is 61.4 Å². The highest BCUT2D eigenvalue weighted by Gasteiger charge is 2.36. The van der Waals surface area contributed by atoms with Gasteiger partial charge in [-0.3, -0.25) is 19.7 Å². The molecule has 5 aromatic rings. The van der Waals surface area contributed by atoms with Gasteiger partial charge in [0.1, 0.15) is 5.52 Å². The minimum absolute atomic E-state index is 0.0960. The van der Waals surface area contributed by atoms with Gasteiger partial charge in [-0.25, -0.2) is 4.68 Å². The van der Waals surface area contributed by atoms with Crippen molar-refractivity contribution in [2.24, 2.45) is 0 Å². The second kappa shape index (κ2) is 12.6. The Hall–Kier alpha value is -4.08. The van der Waals surface area contributed by atoms with Crippen LogP contribution < -0.4 is 10.5 Å². The van der Waals surface area contributed by atoms with Gasteiger partial charge in [-0.05, 0) is 87.8 Å². The summed E-state index contributed by atoms with van der Waals surface area (Å²) in [5.74, 6) is 0. The number of anilines is 1. The second-order valence-electron chi connectivity index (χ2n) is 13.3. The zero-order valence-corrected chi connectivity index (χ0v) is 27.7. The second-order valence-corrected chi connectivity index (χ2v) is 13.3. The minimum Gasteiger partial charge on any atom is -0.364 e. The molecular formula is C37H45N7O2.